The van der Waals surface area contributed by atoms with Crippen LogP contribution in [-0.2, 0) is 17.6 Å². The van der Waals surface area contributed by atoms with Crippen LogP contribution in [0.4, 0.5) is 0 Å². The number of carbonyl (C=O) groups is 1. The van der Waals surface area contributed by atoms with Crippen LogP contribution >= 0.6 is 0 Å². The van der Waals surface area contributed by atoms with E-state index in [4.69, 9.17) is 11.2 Å². The standard InChI is InChI=1S/C29H36N2O3/c1-3-5-12-28(33)31-24(18-22-10-7-6-8-11-22)26(32)20-30-25-19-29(15-9-16-29)34-27-14-13-21(4-2)17-23(25)27/h1,6-8,10-11,13-14,17,24-26,30,32H,4-5,9,12,15-16,18-20H2,2H3,(H,31,33)/t24-,25-,26+/m0/s1. The molecule has 0 saturated heterocycles. The number of hydrogen-bond donors (Lipinski definition) is 3. The number of amides is 1. The van der Waals surface area contributed by atoms with Gasteiger partial charge in [-0.1, -0.05) is 49.4 Å². The molecule has 1 spiro atoms. The summed E-state index contributed by atoms with van der Waals surface area (Å²) in [4.78, 5) is 12.4. The number of hydrogen-bond acceptors (Lipinski definition) is 4. The molecule has 2 aromatic rings. The van der Waals surface area contributed by atoms with Gasteiger partial charge in [0, 0.05) is 37.4 Å². The highest BCUT2D eigenvalue weighted by atomic mass is 16.5. The molecule has 3 atom stereocenters. The molecule has 0 aromatic heterocycles. The van der Waals surface area contributed by atoms with Gasteiger partial charge >= 0.3 is 0 Å². The number of aryl methyl sites for hydroxylation is 1. The number of ether oxygens (including phenoxy) is 1. The minimum atomic E-state index is -0.743. The Hall–Kier alpha value is -2.81. The lowest BCUT2D eigenvalue weighted by atomic mass is 9.72. The predicted octanol–water partition coefficient (Wildman–Crippen LogP) is 4.09. The number of terminal acetylenes is 1. The lowest BCUT2D eigenvalue weighted by Crippen LogP contribution is -2.52. The molecule has 4 rings (SSSR count). The fraction of sp³-hybridized carbons (Fsp3) is 0.483. The first kappa shape index (κ1) is 24.3. The Morgan fingerprint density at radius 2 is 2.03 bits per heavy atom. The Kier molecular flexibility index (Phi) is 7.92. The maximum atomic E-state index is 12.4. The number of rotatable bonds is 10. The highest BCUT2D eigenvalue weighted by molar-refractivity contribution is 5.76. The second-order valence-corrected chi connectivity index (χ2v) is 9.66. The first-order valence-electron chi connectivity index (χ1n) is 12.5. The van der Waals surface area contributed by atoms with Gasteiger partial charge in [-0.2, -0.15) is 0 Å². The molecular weight excluding hydrogens is 424 g/mol. The Bertz CT molecular complexity index is 1010. The van der Waals surface area contributed by atoms with Crippen LogP contribution < -0.4 is 15.4 Å². The van der Waals surface area contributed by atoms with Gasteiger partial charge in [-0.15, -0.1) is 12.3 Å². The summed E-state index contributed by atoms with van der Waals surface area (Å²) in [5, 5.41) is 17.8. The minimum Gasteiger partial charge on any atom is -0.487 e. The fourth-order valence-corrected chi connectivity index (χ4v) is 5.02. The van der Waals surface area contributed by atoms with Gasteiger partial charge in [0.15, 0.2) is 0 Å². The molecule has 1 heterocycles. The summed E-state index contributed by atoms with van der Waals surface area (Å²) >= 11 is 0. The number of benzene rings is 2. The summed E-state index contributed by atoms with van der Waals surface area (Å²) in [5.74, 6) is 3.34. The zero-order valence-electron chi connectivity index (χ0n) is 20.1. The zero-order valence-corrected chi connectivity index (χ0v) is 20.1. The average Bonchev–Trinajstić information content (AvgIpc) is 2.84. The largest absolute Gasteiger partial charge is 0.487 e. The molecule has 5 heteroatoms. The van der Waals surface area contributed by atoms with Crippen molar-refractivity contribution in [3.05, 3.63) is 65.2 Å². The van der Waals surface area contributed by atoms with E-state index < -0.39 is 12.1 Å². The van der Waals surface area contributed by atoms with Crippen molar-refractivity contribution in [3.8, 4) is 18.1 Å². The molecule has 1 fully saturated rings. The van der Waals surface area contributed by atoms with Gasteiger partial charge in [0.25, 0.3) is 0 Å². The van der Waals surface area contributed by atoms with Gasteiger partial charge in [0.1, 0.15) is 11.4 Å². The van der Waals surface area contributed by atoms with Gasteiger partial charge in [-0.05, 0) is 49.3 Å². The normalized spacial score (nSPS) is 19.7. The number of aliphatic hydroxyl groups is 1. The molecule has 2 aromatic carbocycles. The van der Waals surface area contributed by atoms with Gasteiger partial charge in [-0.25, -0.2) is 0 Å². The van der Waals surface area contributed by atoms with Gasteiger partial charge in [-0.3, -0.25) is 4.79 Å². The van der Waals surface area contributed by atoms with Crippen LogP contribution in [0.15, 0.2) is 48.5 Å². The zero-order chi connectivity index (χ0) is 24.0. The van der Waals surface area contributed by atoms with Crippen molar-refractivity contribution in [2.24, 2.45) is 0 Å². The number of nitrogens with one attached hydrogen (secondary N) is 2. The second-order valence-electron chi connectivity index (χ2n) is 9.66. The highest BCUT2D eigenvalue weighted by Gasteiger charge is 2.45. The van der Waals surface area contributed by atoms with E-state index in [1.807, 2.05) is 30.3 Å². The number of fused-ring (bicyclic) bond motifs is 1. The Balaban J connectivity index is 1.47. The van der Waals surface area contributed by atoms with Crippen LogP contribution in [0.5, 0.6) is 5.75 Å². The van der Waals surface area contributed by atoms with Gasteiger partial charge < -0.3 is 20.5 Å². The summed E-state index contributed by atoms with van der Waals surface area (Å²) in [5.41, 5.74) is 3.43. The minimum absolute atomic E-state index is 0.0871. The van der Waals surface area contributed by atoms with Crippen LogP contribution in [0.25, 0.3) is 0 Å². The smallest absolute Gasteiger partial charge is 0.221 e. The molecule has 3 N–H and O–H groups in total. The van der Waals surface area contributed by atoms with E-state index in [2.05, 4.69) is 41.7 Å². The van der Waals surface area contributed by atoms with Crippen molar-refractivity contribution in [1.29, 1.82) is 0 Å². The van der Waals surface area contributed by atoms with Crippen molar-refractivity contribution < 1.29 is 14.6 Å². The van der Waals surface area contributed by atoms with Crippen molar-refractivity contribution >= 4 is 5.91 Å². The Morgan fingerprint density at radius 3 is 2.71 bits per heavy atom. The van der Waals surface area contributed by atoms with E-state index in [0.29, 0.717) is 19.4 Å². The van der Waals surface area contributed by atoms with E-state index in [0.717, 1.165) is 37.0 Å². The molecule has 0 radical (unpaired) electrons. The summed E-state index contributed by atoms with van der Waals surface area (Å²) in [6.07, 6.45) is 11.0. The number of carbonyl (C=O) groups excluding carboxylic acids is 1. The monoisotopic (exact) mass is 460 g/mol. The Labute approximate surface area is 203 Å². The van der Waals surface area contributed by atoms with Crippen LogP contribution in [0, 0.1) is 12.3 Å². The van der Waals surface area contributed by atoms with E-state index in [1.54, 1.807) is 0 Å². The molecule has 2 aliphatic rings. The summed E-state index contributed by atoms with van der Waals surface area (Å²) in [6, 6.07) is 16.1. The van der Waals surface area contributed by atoms with Crippen LogP contribution in [0.2, 0.25) is 0 Å². The maximum absolute atomic E-state index is 12.4. The van der Waals surface area contributed by atoms with Gasteiger partial charge in [0.2, 0.25) is 5.91 Å². The molecule has 34 heavy (non-hydrogen) atoms. The van der Waals surface area contributed by atoms with Crippen LogP contribution in [-0.4, -0.2) is 35.3 Å². The molecule has 0 bridgehead atoms. The SMILES string of the molecule is C#CCCC(=O)N[C@@H](Cc1ccccc1)[C@H](O)CN[C@H]1CC2(CCC2)Oc2ccc(CC)cc21. The summed E-state index contributed by atoms with van der Waals surface area (Å²) < 4.78 is 6.43. The number of aliphatic hydroxyl groups excluding tert-OH is 1. The first-order valence-corrected chi connectivity index (χ1v) is 12.5. The molecular formula is C29H36N2O3. The molecule has 1 aliphatic carbocycles. The predicted molar refractivity (Wildman–Crippen MR) is 135 cm³/mol. The van der Waals surface area contributed by atoms with Crippen molar-refractivity contribution in [2.75, 3.05) is 6.54 Å². The third kappa shape index (κ3) is 5.81. The van der Waals surface area contributed by atoms with E-state index in [9.17, 15) is 9.90 Å². The molecule has 0 unspecified atom stereocenters. The molecule has 1 amide bonds. The maximum Gasteiger partial charge on any atom is 0.221 e. The third-order valence-electron chi connectivity index (χ3n) is 7.20. The van der Waals surface area contributed by atoms with E-state index >= 15 is 0 Å². The van der Waals surface area contributed by atoms with Crippen molar-refractivity contribution in [1.82, 2.24) is 10.6 Å². The summed E-state index contributed by atoms with van der Waals surface area (Å²) in [7, 11) is 0. The van der Waals surface area contributed by atoms with E-state index in [1.165, 1.54) is 17.5 Å². The highest BCUT2D eigenvalue weighted by Crippen LogP contribution is 2.49. The molecule has 1 aliphatic heterocycles. The van der Waals surface area contributed by atoms with Crippen molar-refractivity contribution in [2.45, 2.75) is 82.1 Å². The molecule has 180 valence electrons. The van der Waals surface area contributed by atoms with E-state index in [-0.39, 0.29) is 24.0 Å². The van der Waals surface area contributed by atoms with Crippen LogP contribution in [0.1, 0.15) is 68.2 Å². The lowest BCUT2D eigenvalue weighted by molar-refractivity contribution is -0.122. The first-order chi connectivity index (χ1) is 16.5. The molecule has 5 nitrogen and oxygen atoms in total. The second kappa shape index (κ2) is 11.1. The lowest BCUT2D eigenvalue weighted by Gasteiger charge is -2.48. The summed E-state index contributed by atoms with van der Waals surface area (Å²) in [6.45, 7) is 2.53. The van der Waals surface area contributed by atoms with Crippen molar-refractivity contribution in [3.63, 3.8) is 0 Å². The van der Waals surface area contributed by atoms with Gasteiger partial charge in [0.05, 0.1) is 12.1 Å². The fourth-order valence-electron chi connectivity index (χ4n) is 5.02. The molecule has 1 saturated carbocycles. The Morgan fingerprint density at radius 1 is 1.24 bits per heavy atom. The third-order valence-corrected chi connectivity index (χ3v) is 7.20. The quantitative estimate of drug-likeness (QED) is 0.467. The topological polar surface area (TPSA) is 70.6 Å². The van der Waals surface area contributed by atoms with Crippen LogP contribution in [0.3, 0.4) is 0 Å². The average molecular weight is 461 g/mol.